The van der Waals surface area contributed by atoms with Crippen molar-refractivity contribution in [2.24, 2.45) is 22.7 Å². The SMILES string of the molecule is CC(C)C(C(=O)NC1CCC(=O)NC1=O)C(N)=NO. The number of oxime groups is 1. The van der Waals surface area contributed by atoms with E-state index in [4.69, 9.17) is 10.9 Å². The van der Waals surface area contributed by atoms with Crippen LogP contribution in [0.1, 0.15) is 26.7 Å². The van der Waals surface area contributed by atoms with E-state index in [0.29, 0.717) is 0 Å². The molecule has 0 saturated carbocycles. The van der Waals surface area contributed by atoms with Crippen molar-refractivity contribution in [1.29, 1.82) is 0 Å². The number of amidine groups is 1. The van der Waals surface area contributed by atoms with Gasteiger partial charge in [-0.1, -0.05) is 19.0 Å². The van der Waals surface area contributed by atoms with Gasteiger partial charge in [0, 0.05) is 6.42 Å². The first-order chi connectivity index (χ1) is 8.86. The number of nitrogens with one attached hydrogen (secondary N) is 2. The molecule has 2 atom stereocenters. The summed E-state index contributed by atoms with van der Waals surface area (Å²) in [6.07, 6.45) is 0.421. The second-order valence-corrected chi connectivity index (χ2v) is 4.76. The minimum absolute atomic E-state index is 0.173. The molecule has 8 heteroatoms. The van der Waals surface area contributed by atoms with E-state index in [0.717, 1.165) is 0 Å². The highest BCUT2D eigenvalue weighted by Gasteiger charge is 2.32. The number of rotatable bonds is 4. The predicted octanol–water partition coefficient (Wildman–Crippen LogP) is -1.07. The Balaban J connectivity index is 2.72. The molecule has 0 radical (unpaired) electrons. The minimum Gasteiger partial charge on any atom is -0.409 e. The molecular weight excluding hydrogens is 252 g/mol. The van der Waals surface area contributed by atoms with E-state index in [1.54, 1.807) is 13.8 Å². The van der Waals surface area contributed by atoms with Crippen molar-refractivity contribution in [3.8, 4) is 0 Å². The Hall–Kier alpha value is -2.12. The summed E-state index contributed by atoms with van der Waals surface area (Å²) in [4.78, 5) is 34.5. The maximum absolute atomic E-state index is 12.0. The standard InChI is InChI=1S/C11H18N4O4/c1-5(2)8(9(12)15-19)11(18)13-6-3-4-7(16)14-10(6)17/h5-6,8,19H,3-4H2,1-2H3,(H2,12,15)(H,13,18)(H,14,16,17). The number of amides is 3. The number of nitrogens with zero attached hydrogens (tertiary/aromatic N) is 1. The van der Waals surface area contributed by atoms with Crippen molar-refractivity contribution in [3.05, 3.63) is 0 Å². The molecule has 5 N–H and O–H groups in total. The molecule has 106 valence electrons. The van der Waals surface area contributed by atoms with Gasteiger partial charge in [0.05, 0.1) is 0 Å². The van der Waals surface area contributed by atoms with Crippen molar-refractivity contribution >= 4 is 23.6 Å². The van der Waals surface area contributed by atoms with Gasteiger partial charge in [-0.25, -0.2) is 0 Å². The van der Waals surface area contributed by atoms with E-state index in [2.05, 4.69) is 15.8 Å². The molecule has 1 aliphatic heterocycles. The molecule has 3 amide bonds. The molecule has 0 aromatic carbocycles. The molecule has 0 spiro atoms. The van der Waals surface area contributed by atoms with E-state index in [1.807, 2.05) is 0 Å². The van der Waals surface area contributed by atoms with Gasteiger partial charge in [0.15, 0.2) is 5.84 Å². The van der Waals surface area contributed by atoms with E-state index in [9.17, 15) is 14.4 Å². The first-order valence-electron chi connectivity index (χ1n) is 5.98. The Morgan fingerprint density at radius 2 is 2.16 bits per heavy atom. The monoisotopic (exact) mass is 270 g/mol. The van der Waals surface area contributed by atoms with Gasteiger partial charge in [-0.3, -0.25) is 19.7 Å². The van der Waals surface area contributed by atoms with Crippen LogP contribution >= 0.6 is 0 Å². The fourth-order valence-corrected chi connectivity index (χ4v) is 1.93. The van der Waals surface area contributed by atoms with Crippen LogP contribution in [0.3, 0.4) is 0 Å². The van der Waals surface area contributed by atoms with E-state index < -0.39 is 23.8 Å². The number of imide groups is 1. The van der Waals surface area contributed by atoms with Crippen molar-refractivity contribution in [2.75, 3.05) is 0 Å². The third-order valence-corrected chi connectivity index (χ3v) is 2.94. The van der Waals surface area contributed by atoms with Crippen molar-refractivity contribution in [3.63, 3.8) is 0 Å². The van der Waals surface area contributed by atoms with Gasteiger partial charge in [-0.2, -0.15) is 0 Å². The van der Waals surface area contributed by atoms with Crippen LogP contribution in [0.5, 0.6) is 0 Å². The number of piperidine rings is 1. The third-order valence-electron chi connectivity index (χ3n) is 2.94. The number of nitrogens with two attached hydrogens (primary N) is 1. The molecule has 2 unspecified atom stereocenters. The van der Waals surface area contributed by atoms with Crippen LogP contribution in [-0.4, -0.2) is 34.8 Å². The largest absolute Gasteiger partial charge is 0.409 e. The quantitative estimate of drug-likeness (QED) is 0.170. The van der Waals surface area contributed by atoms with Gasteiger partial charge in [-0.05, 0) is 12.3 Å². The predicted molar refractivity (Wildman–Crippen MR) is 66.1 cm³/mol. The molecule has 0 aliphatic carbocycles. The van der Waals surface area contributed by atoms with Crippen LogP contribution in [0, 0.1) is 11.8 Å². The summed E-state index contributed by atoms with van der Waals surface area (Å²) >= 11 is 0. The van der Waals surface area contributed by atoms with Gasteiger partial charge in [0.1, 0.15) is 12.0 Å². The van der Waals surface area contributed by atoms with E-state index >= 15 is 0 Å². The number of hydrogen-bond donors (Lipinski definition) is 4. The lowest BCUT2D eigenvalue weighted by Gasteiger charge is -2.25. The summed E-state index contributed by atoms with van der Waals surface area (Å²) in [5.41, 5.74) is 5.47. The second-order valence-electron chi connectivity index (χ2n) is 4.76. The van der Waals surface area contributed by atoms with Crippen LogP contribution in [0.4, 0.5) is 0 Å². The molecular formula is C11H18N4O4. The van der Waals surface area contributed by atoms with Crippen molar-refractivity contribution < 1.29 is 19.6 Å². The fraction of sp³-hybridized carbons (Fsp3) is 0.636. The summed E-state index contributed by atoms with van der Waals surface area (Å²) < 4.78 is 0. The Morgan fingerprint density at radius 1 is 1.53 bits per heavy atom. The molecule has 19 heavy (non-hydrogen) atoms. The lowest BCUT2D eigenvalue weighted by Crippen LogP contribution is -2.55. The third kappa shape index (κ3) is 3.67. The molecule has 0 bridgehead atoms. The van der Waals surface area contributed by atoms with Crippen LogP contribution in [-0.2, 0) is 14.4 Å². The highest BCUT2D eigenvalue weighted by molar-refractivity contribution is 6.05. The summed E-state index contributed by atoms with van der Waals surface area (Å²) in [7, 11) is 0. The van der Waals surface area contributed by atoms with Gasteiger partial charge in [0.2, 0.25) is 17.7 Å². The van der Waals surface area contributed by atoms with E-state index in [1.165, 1.54) is 0 Å². The van der Waals surface area contributed by atoms with E-state index in [-0.39, 0.29) is 30.5 Å². The summed E-state index contributed by atoms with van der Waals surface area (Å²) in [5, 5.41) is 16.1. The number of carbonyl (C=O) groups excluding carboxylic acids is 3. The van der Waals surface area contributed by atoms with Crippen LogP contribution < -0.4 is 16.4 Å². The Bertz CT molecular complexity index is 419. The smallest absolute Gasteiger partial charge is 0.249 e. The number of carbonyl (C=O) groups is 3. The molecule has 0 aromatic heterocycles. The summed E-state index contributed by atoms with van der Waals surface area (Å²) in [5.74, 6) is -2.61. The molecule has 8 nitrogen and oxygen atoms in total. The summed E-state index contributed by atoms with van der Waals surface area (Å²) in [6.45, 7) is 3.49. The Morgan fingerprint density at radius 3 is 2.63 bits per heavy atom. The first kappa shape index (κ1) is 14.9. The Kier molecular flexibility index (Phi) is 4.85. The van der Waals surface area contributed by atoms with Gasteiger partial charge in [0.25, 0.3) is 0 Å². The van der Waals surface area contributed by atoms with Crippen LogP contribution in [0.25, 0.3) is 0 Å². The average molecular weight is 270 g/mol. The zero-order valence-corrected chi connectivity index (χ0v) is 10.8. The summed E-state index contributed by atoms with van der Waals surface area (Å²) in [6, 6.07) is -0.766. The minimum atomic E-state index is -0.824. The zero-order valence-electron chi connectivity index (χ0n) is 10.8. The molecule has 1 aliphatic rings. The second kappa shape index (κ2) is 6.17. The van der Waals surface area contributed by atoms with Crippen molar-refractivity contribution in [1.82, 2.24) is 10.6 Å². The van der Waals surface area contributed by atoms with Gasteiger partial charge in [-0.15, -0.1) is 0 Å². The topological polar surface area (TPSA) is 134 Å². The fourth-order valence-electron chi connectivity index (χ4n) is 1.93. The average Bonchev–Trinajstić information content (AvgIpc) is 2.32. The van der Waals surface area contributed by atoms with Crippen molar-refractivity contribution in [2.45, 2.75) is 32.7 Å². The lowest BCUT2D eigenvalue weighted by atomic mass is 9.93. The molecule has 1 fully saturated rings. The first-order valence-corrected chi connectivity index (χ1v) is 5.98. The molecule has 1 saturated heterocycles. The normalized spacial score (nSPS) is 22.1. The molecule has 1 rings (SSSR count). The van der Waals surface area contributed by atoms with Crippen LogP contribution in [0.15, 0.2) is 5.16 Å². The van der Waals surface area contributed by atoms with Crippen LogP contribution in [0.2, 0.25) is 0 Å². The molecule has 0 aromatic rings. The maximum atomic E-state index is 12.0. The van der Waals surface area contributed by atoms with Gasteiger partial charge < -0.3 is 16.3 Å². The van der Waals surface area contributed by atoms with Gasteiger partial charge >= 0.3 is 0 Å². The maximum Gasteiger partial charge on any atom is 0.249 e. The highest BCUT2D eigenvalue weighted by atomic mass is 16.4. The number of hydrogen-bond acceptors (Lipinski definition) is 5. The lowest BCUT2D eigenvalue weighted by molar-refractivity contribution is -0.138. The Labute approximate surface area is 110 Å². The molecule has 1 heterocycles. The zero-order chi connectivity index (χ0) is 14.6. The highest BCUT2D eigenvalue weighted by Crippen LogP contribution is 2.13.